The zero-order valence-electron chi connectivity index (χ0n) is 19.5. The number of carbonyl (C=O) groups is 1. The molecule has 0 bridgehead atoms. The van der Waals surface area contributed by atoms with Crippen LogP contribution in [0.3, 0.4) is 0 Å². The number of nitrogens with one attached hydrogen (secondary N) is 1. The number of nitrogens with zero attached hydrogens (tertiary/aromatic N) is 2. The molecule has 1 amide bonds. The third kappa shape index (κ3) is 6.13. The van der Waals surface area contributed by atoms with Crippen LogP contribution in [0.2, 0.25) is 5.02 Å². The SMILES string of the molecule is O=C(COc1ccc(Nc2ccc3ccccc3c2)cc1)N1CCN(Cc2ccc(Cl)cc2)CC1. The summed E-state index contributed by atoms with van der Waals surface area (Å²) >= 11 is 5.97. The summed E-state index contributed by atoms with van der Waals surface area (Å²) in [6.45, 7) is 4.05. The lowest BCUT2D eigenvalue weighted by molar-refractivity contribution is -0.135. The molecule has 1 aliphatic heterocycles. The molecule has 5 nitrogen and oxygen atoms in total. The monoisotopic (exact) mass is 485 g/mol. The average molecular weight is 486 g/mol. The van der Waals surface area contributed by atoms with E-state index in [0.717, 1.165) is 36.0 Å². The van der Waals surface area contributed by atoms with Crippen molar-refractivity contribution >= 4 is 39.7 Å². The molecular weight excluding hydrogens is 458 g/mol. The highest BCUT2D eigenvalue weighted by Crippen LogP contribution is 2.24. The Morgan fingerprint density at radius 3 is 2.23 bits per heavy atom. The number of carbonyl (C=O) groups excluding carboxylic acids is 1. The second kappa shape index (κ2) is 10.8. The Morgan fingerprint density at radius 1 is 0.800 bits per heavy atom. The maximum atomic E-state index is 12.6. The largest absolute Gasteiger partial charge is 0.484 e. The molecule has 6 heteroatoms. The van der Waals surface area contributed by atoms with E-state index in [2.05, 4.69) is 52.7 Å². The van der Waals surface area contributed by atoms with E-state index in [0.29, 0.717) is 18.8 Å². The average Bonchev–Trinajstić information content (AvgIpc) is 2.90. The van der Waals surface area contributed by atoms with Gasteiger partial charge in [-0.15, -0.1) is 0 Å². The minimum atomic E-state index is 0.0227. The van der Waals surface area contributed by atoms with Crippen LogP contribution in [0.5, 0.6) is 5.75 Å². The lowest BCUT2D eigenvalue weighted by Crippen LogP contribution is -2.49. The standard InChI is InChI=1S/C29H28ClN3O2/c30-25-8-5-22(6-9-25)20-32-15-17-33(18-16-32)29(34)21-35-28-13-11-26(12-14-28)31-27-10-7-23-3-1-2-4-24(23)19-27/h1-14,19,31H,15-18,20-21H2. The van der Waals surface area contributed by atoms with Crippen molar-refractivity contribution < 1.29 is 9.53 Å². The van der Waals surface area contributed by atoms with Crippen LogP contribution in [0, 0.1) is 0 Å². The molecule has 0 aliphatic carbocycles. The van der Waals surface area contributed by atoms with Crippen molar-refractivity contribution in [1.82, 2.24) is 9.80 Å². The number of amides is 1. The van der Waals surface area contributed by atoms with Crippen molar-refractivity contribution in [2.45, 2.75) is 6.54 Å². The fourth-order valence-electron chi connectivity index (χ4n) is 4.31. The van der Waals surface area contributed by atoms with Crippen LogP contribution in [0.15, 0.2) is 91.0 Å². The third-order valence-corrected chi connectivity index (χ3v) is 6.55. The van der Waals surface area contributed by atoms with Gasteiger partial charge < -0.3 is 15.0 Å². The number of ether oxygens (including phenoxy) is 1. The number of fused-ring (bicyclic) bond motifs is 1. The Morgan fingerprint density at radius 2 is 1.49 bits per heavy atom. The van der Waals surface area contributed by atoms with Gasteiger partial charge in [-0.05, 0) is 64.9 Å². The number of piperazine rings is 1. The van der Waals surface area contributed by atoms with Gasteiger partial charge >= 0.3 is 0 Å². The van der Waals surface area contributed by atoms with E-state index >= 15 is 0 Å². The zero-order valence-corrected chi connectivity index (χ0v) is 20.2. The lowest BCUT2D eigenvalue weighted by Gasteiger charge is -2.34. The van der Waals surface area contributed by atoms with Crippen molar-refractivity contribution in [3.8, 4) is 5.75 Å². The summed E-state index contributed by atoms with van der Waals surface area (Å²) in [4.78, 5) is 16.9. The summed E-state index contributed by atoms with van der Waals surface area (Å²) in [6.07, 6.45) is 0. The minimum absolute atomic E-state index is 0.0227. The third-order valence-electron chi connectivity index (χ3n) is 6.30. The topological polar surface area (TPSA) is 44.8 Å². The highest BCUT2D eigenvalue weighted by atomic mass is 35.5. The number of benzene rings is 4. The summed E-state index contributed by atoms with van der Waals surface area (Å²) in [7, 11) is 0. The molecule has 0 spiro atoms. The second-order valence-corrected chi connectivity index (χ2v) is 9.22. The highest BCUT2D eigenvalue weighted by molar-refractivity contribution is 6.30. The molecule has 1 N–H and O–H groups in total. The van der Waals surface area contributed by atoms with E-state index < -0.39 is 0 Å². The number of rotatable bonds is 7. The van der Waals surface area contributed by atoms with Crippen LogP contribution in [-0.2, 0) is 11.3 Å². The van der Waals surface area contributed by atoms with Gasteiger partial charge in [-0.3, -0.25) is 9.69 Å². The second-order valence-electron chi connectivity index (χ2n) is 8.78. The Bertz CT molecular complexity index is 1280. The van der Waals surface area contributed by atoms with Gasteiger partial charge in [0, 0.05) is 49.1 Å². The lowest BCUT2D eigenvalue weighted by atomic mass is 10.1. The first-order chi connectivity index (χ1) is 17.1. The zero-order chi connectivity index (χ0) is 24.0. The van der Waals surface area contributed by atoms with Gasteiger partial charge in [-0.25, -0.2) is 0 Å². The van der Waals surface area contributed by atoms with Crippen molar-refractivity contribution in [2.75, 3.05) is 38.1 Å². The number of anilines is 2. The quantitative estimate of drug-likeness (QED) is 0.351. The fourth-order valence-corrected chi connectivity index (χ4v) is 4.43. The van der Waals surface area contributed by atoms with E-state index in [4.69, 9.17) is 16.3 Å². The molecule has 1 heterocycles. The summed E-state index contributed by atoms with van der Waals surface area (Å²) in [5.74, 6) is 0.707. The van der Waals surface area contributed by atoms with Crippen LogP contribution < -0.4 is 10.1 Å². The molecule has 1 saturated heterocycles. The predicted octanol–water partition coefficient (Wildman–Crippen LogP) is 5.96. The van der Waals surface area contributed by atoms with Gasteiger partial charge in [-0.1, -0.05) is 54.1 Å². The van der Waals surface area contributed by atoms with Crippen molar-refractivity contribution in [1.29, 1.82) is 0 Å². The molecule has 1 fully saturated rings. The van der Waals surface area contributed by atoms with Crippen molar-refractivity contribution in [3.05, 3.63) is 102 Å². The molecule has 4 aromatic rings. The Kier molecular flexibility index (Phi) is 7.17. The Labute approximate surface area is 210 Å². The Balaban J connectivity index is 1.07. The van der Waals surface area contributed by atoms with E-state index in [1.165, 1.54) is 16.3 Å². The normalized spacial score (nSPS) is 14.1. The maximum absolute atomic E-state index is 12.6. The first kappa shape index (κ1) is 23.2. The van der Waals surface area contributed by atoms with E-state index in [1.54, 1.807) is 0 Å². The molecule has 0 saturated carbocycles. The van der Waals surface area contributed by atoms with Crippen molar-refractivity contribution in [3.63, 3.8) is 0 Å². The molecule has 4 aromatic carbocycles. The summed E-state index contributed by atoms with van der Waals surface area (Å²) < 4.78 is 5.77. The maximum Gasteiger partial charge on any atom is 0.260 e. The van der Waals surface area contributed by atoms with Gasteiger partial charge in [0.05, 0.1) is 0 Å². The highest BCUT2D eigenvalue weighted by Gasteiger charge is 2.21. The number of hydrogen-bond acceptors (Lipinski definition) is 4. The van der Waals surface area contributed by atoms with Crippen LogP contribution in [-0.4, -0.2) is 48.5 Å². The Hall–Kier alpha value is -3.54. The van der Waals surface area contributed by atoms with E-state index in [-0.39, 0.29) is 12.5 Å². The first-order valence-corrected chi connectivity index (χ1v) is 12.2. The summed E-state index contributed by atoms with van der Waals surface area (Å²) in [5, 5.41) is 6.59. The number of hydrogen-bond donors (Lipinski definition) is 1. The summed E-state index contributed by atoms with van der Waals surface area (Å²) in [6, 6.07) is 30.3. The van der Waals surface area contributed by atoms with Gasteiger partial charge in [0.2, 0.25) is 0 Å². The minimum Gasteiger partial charge on any atom is -0.484 e. The molecule has 1 aliphatic rings. The predicted molar refractivity (Wildman–Crippen MR) is 142 cm³/mol. The molecule has 178 valence electrons. The van der Waals surface area contributed by atoms with Gasteiger partial charge in [0.1, 0.15) is 5.75 Å². The van der Waals surface area contributed by atoms with Crippen molar-refractivity contribution in [2.24, 2.45) is 0 Å². The molecule has 0 aromatic heterocycles. The molecule has 0 unspecified atom stereocenters. The van der Waals surface area contributed by atoms with E-state index in [1.807, 2.05) is 53.4 Å². The van der Waals surface area contributed by atoms with Gasteiger partial charge in [0.15, 0.2) is 6.61 Å². The molecule has 0 atom stereocenters. The summed E-state index contributed by atoms with van der Waals surface area (Å²) in [5.41, 5.74) is 3.23. The van der Waals surface area contributed by atoms with Crippen LogP contribution in [0.1, 0.15) is 5.56 Å². The van der Waals surface area contributed by atoms with Crippen LogP contribution in [0.4, 0.5) is 11.4 Å². The molecule has 0 radical (unpaired) electrons. The molecular formula is C29H28ClN3O2. The first-order valence-electron chi connectivity index (χ1n) is 11.9. The fraction of sp³-hybridized carbons (Fsp3) is 0.207. The molecule has 5 rings (SSSR count). The van der Waals surface area contributed by atoms with Crippen LogP contribution in [0.25, 0.3) is 10.8 Å². The smallest absolute Gasteiger partial charge is 0.260 e. The number of halogens is 1. The van der Waals surface area contributed by atoms with Gasteiger partial charge in [-0.2, -0.15) is 0 Å². The van der Waals surface area contributed by atoms with Gasteiger partial charge in [0.25, 0.3) is 5.91 Å². The van der Waals surface area contributed by atoms with E-state index in [9.17, 15) is 4.79 Å². The molecule has 35 heavy (non-hydrogen) atoms. The van der Waals surface area contributed by atoms with Crippen LogP contribution >= 0.6 is 11.6 Å².